The number of nitrogens with one attached hydrogen (secondary N) is 1. The van der Waals surface area contributed by atoms with Gasteiger partial charge in [-0.3, -0.25) is 9.59 Å². The molecule has 0 aromatic heterocycles. The van der Waals surface area contributed by atoms with Gasteiger partial charge in [0.1, 0.15) is 0 Å². The summed E-state index contributed by atoms with van der Waals surface area (Å²) in [7, 11) is 0. The molecule has 0 unspecified atom stereocenters. The Morgan fingerprint density at radius 1 is 1.15 bits per heavy atom. The van der Waals surface area contributed by atoms with Gasteiger partial charge in [0.15, 0.2) is 0 Å². The Kier molecular flexibility index (Phi) is 4.39. The lowest BCUT2D eigenvalue weighted by molar-refractivity contribution is -0.114. The summed E-state index contributed by atoms with van der Waals surface area (Å²) in [6.07, 6.45) is 0.114. The standard InChI is InChI=1S/C15H20N2O3/c1-10-8-17(9-11(2)20-10)15(19)13-4-6-14(7-5-13)16-12(3)18/h4-7,10-11H,8-9H2,1-3H3,(H,16,18)/t10-,11-/m0/s1. The highest BCUT2D eigenvalue weighted by molar-refractivity contribution is 5.95. The quantitative estimate of drug-likeness (QED) is 0.897. The van der Waals surface area contributed by atoms with Crippen LogP contribution in [0.3, 0.4) is 0 Å². The largest absolute Gasteiger partial charge is 0.372 e. The van der Waals surface area contributed by atoms with Gasteiger partial charge in [-0.05, 0) is 38.1 Å². The maximum absolute atomic E-state index is 12.4. The van der Waals surface area contributed by atoms with Crippen LogP contribution in [0.15, 0.2) is 24.3 Å². The first-order chi connectivity index (χ1) is 9.45. The molecule has 0 saturated carbocycles. The molecule has 1 heterocycles. The van der Waals surface area contributed by atoms with Crippen molar-refractivity contribution in [3.8, 4) is 0 Å². The summed E-state index contributed by atoms with van der Waals surface area (Å²) in [5, 5.41) is 2.68. The van der Waals surface area contributed by atoms with Crippen molar-refractivity contribution in [1.29, 1.82) is 0 Å². The number of amides is 2. The van der Waals surface area contributed by atoms with Crippen molar-refractivity contribution in [2.75, 3.05) is 18.4 Å². The van der Waals surface area contributed by atoms with Crippen LogP contribution in [-0.2, 0) is 9.53 Å². The Bertz CT molecular complexity index is 488. The van der Waals surface area contributed by atoms with Crippen LogP contribution >= 0.6 is 0 Å². The summed E-state index contributed by atoms with van der Waals surface area (Å²) >= 11 is 0. The first kappa shape index (κ1) is 14.5. The van der Waals surface area contributed by atoms with E-state index in [1.165, 1.54) is 6.92 Å². The van der Waals surface area contributed by atoms with Crippen molar-refractivity contribution in [2.24, 2.45) is 0 Å². The third-order valence-corrected chi connectivity index (χ3v) is 3.16. The van der Waals surface area contributed by atoms with Gasteiger partial charge in [0.2, 0.25) is 5.91 Å². The third kappa shape index (κ3) is 3.57. The Morgan fingerprint density at radius 2 is 1.70 bits per heavy atom. The van der Waals surface area contributed by atoms with Crippen molar-refractivity contribution < 1.29 is 14.3 Å². The summed E-state index contributed by atoms with van der Waals surface area (Å²) in [5.74, 6) is -0.124. The molecule has 1 N–H and O–H groups in total. The van der Waals surface area contributed by atoms with Gasteiger partial charge >= 0.3 is 0 Å². The predicted molar refractivity (Wildman–Crippen MR) is 76.7 cm³/mol. The minimum Gasteiger partial charge on any atom is -0.372 e. The van der Waals surface area contributed by atoms with Gasteiger partial charge in [0.25, 0.3) is 5.91 Å². The molecule has 2 amide bonds. The molecule has 2 rings (SSSR count). The zero-order valence-electron chi connectivity index (χ0n) is 12.1. The maximum atomic E-state index is 12.4. The molecule has 0 spiro atoms. The van der Waals surface area contributed by atoms with E-state index in [9.17, 15) is 9.59 Å². The minimum atomic E-state index is -0.125. The topological polar surface area (TPSA) is 58.6 Å². The highest BCUT2D eigenvalue weighted by Gasteiger charge is 2.26. The van der Waals surface area contributed by atoms with E-state index in [1.54, 1.807) is 24.3 Å². The van der Waals surface area contributed by atoms with Crippen LogP contribution < -0.4 is 5.32 Å². The van der Waals surface area contributed by atoms with Crippen molar-refractivity contribution in [3.63, 3.8) is 0 Å². The molecule has 0 radical (unpaired) electrons. The van der Waals surface area contributed by atoms with Gasteiger partial charge < -0.3 is 15.0 Å². The van der Waals surface area contributed by atoms with Crippen molar-refractivity contribution in [1.82, 2.24) is 4.90 Å². The average Bonchev–Trinajstić information content (AvgIpc) is 2.37. The van der Waals surface area contributed by atoms with Crippen LogP contribution in [0, 0.1) is 0 Å². The number of hydrogen-bond acceptors (Lipinski definition) is 3. The van der Waals surface area contributed by atoms with Crippen LogP contribution in [0.4, 0.5) is 5.69 Å². The molecule has 0 bridgehead atoms. The van der Waals surface area contributed by atoms with Gasteiger partial charge in [-0.1, -0.05) is 0 Å². The second-order valence-corrected chi connectivity index (χ2v) is 5.23. The Hall–Kier alpha value is -1.88. The number of rotatable bonds is 2. The number of carbonyl (C=O) groups is 2. The van der Waals surface area contributed by atoms with Crippen LogP contribution in [0.25, 0.3) is 0 Å². The molecule has 1 aromatic carbocycles. The number of anilines is 1. The lowest BCUT2D eigenvalue weighted by Crippen LogP contribution is -2.48. The van der Waals surface area contributed by atoms with Crippen LogP contribution in [-0.4, -0.2) is 42.0 Å². The normalized spacial score (nSPS) is 22.4. The molecule has 5 nitrogen and oxygen atoms in total. The van der Waals surface area contributed by atoms with Crippen molar-refractivity contribution >= 4 is 17.5 Å². The summed E-state index contributed by atoms with van der Waals surface area (Å²) in [6, 6.07) is 6.95. The molecule has 2 atom stereocenters. The number of carbonyl (C=O) groups excluding carboxylic acids is 2. The zero-order chi connectivity index (χ0) is 14.7. The fourth-order valence-electron chi connectivity index (χ4n) is 2.43. The molecule has 20 heavy (non-hydrogen) atoms. The number of hydrogen-bond donors (Lipinski definition) is 1. The van der Waals surface area contributed by atoms with E-state index in [2.05, 4.69) is 5.32 Å². The van der Waals surface area contributed by atoms with Gasteiger partial charge in [-0.2, -0.15) is 0 Å². The summed E-state index contributed by atoms with van der Waals surface area (Å²) in [6.45, 7) is 6.61. The number of benzene rings is 1. The van der Waals surface area contributed by atoms with Crippen LogP contribution in [0.5, 0.6) is 0 Å². The molecule has 0 aliphatic carbocycles. The van der Waals surface area contributed by atoms with Crippen LogP contribution in [0.2, 0.25) is 0 Å². The number of morpholine rings is 1. The summed E-state index contributed by atoms with van der Waals surface area (Å²) in [5.41, 5.74) is 1.32. The van der Waals surface area contributed by atoms with E-state index < -0.39 is 0 Å². The molecule has 1 fully saturated rings. The molecule has 1 saturated heterocycles. The Morgan fingerprint density at radius 3 is 2.20 bits per heavy atom. The van der Waals surface area contributed by atoms with E-state index in [0.29, 0.717) is 24.3 Å². The van der Waals surface area contributed by atoms with Gasteiger partial charge in [0, 0.05) is 31.3 Å². The molecule has 5 heteroatoms. The third-order valence-electron chi connectivity index (χ3n) is 3.16. The second-order valence-electron chi connectivity index (χ2n) is 5.23. The first-order valence-electron chi connectivity index (χ1n) is 6.78. The van der Waals surface area contributed by atoms with E-state index in [1.807, 2.05) is 18.7 Å². The van der Waals surface area contributed by atoms with Crippen molar-refractivity contribution in [2.45, 2.75) is 33.0 Å². The van der Waals surface area contributed by atoms with Gasteiger partial charge in [0.05, 0.1) is 12.2 Å². The van der Waals surface area contributed by atoms with Gasteiger partial charge in [-0.15, -0.1) is 0 Å². The number of ether oxygens (including phenoxy) is 1. The molecular formula is C15H20N2O3. The van der Waals surface area contributed by atoms with Crippen LogP contribution in [0.1, 0.15) is 31.1 Å². The zero-order valence-corrected chi connectivity index (χ0v) is 12.1. The molecule has 1 aliphatic heterocycles. The highest BCUT2D eigenvalue weighted by atomic mass is 16.5. The Balaban J connectivity index is 2.07. The summed E-state index contributed by atoms with van der Waals surface area (Å²) in [4.78, 5) is 25.2. The first-order valence-corrected chi connectivity index (χ1v) is 6.78. The predicted octanol–water partition coefficient (Wildman–Crippen LogP) is 1.89. The Labute approximate surface area is 118 Å². The fraction of sp³-hybridized carbons (Fsp3) is 0.467. The average molecular weight is 276 g/mol. The SMILES string of the molecule is CC(=O)Nc1ccc(C(=O)N2C[C@H](C)O[C@@H](C)C2)cc1. The van der Waals surface area contributed by atoms with E-state index in [-0.39, 0.29) is 24.0 Å². The summed E-state index contributed by atoms with van der Waals surface area (Å²) < 4.78 is 5.62. The molecule has 1 aromatic rings. The molecule has 1 aliphatic rings. The van der Waals surface area contributed by atoms with E-state index >= 15 is 0 Å². The smallest absolute Gasteiger partial charge is 0.254 e. The van der Waals surface area contributed by atoms with E-state index in [0.717, 1.165) is 0 Å². The number of nitrogens with zero attached hydrogens (tertiary/aromatic N) is 1. The molecule has 108 valence electrons. The van der Waals surface area contributed by atoms with E-state index in [4.69, 9.17) is 4.74 Å². The van der Waals surface area contributed by atoms with Gasteiger partial charge in [-0.25, -0.2) is 0 Å². The minimum absolute atomic E-state index is 0.00127. The monoisotopic (exact) mass is 276 g/mol. The highest BCUT2D eigenvalue weighted by Crippen LogP contribution is 2.16. The lowest BCUT2D eigenvalue weighted by atomic mass is 10.1. The second kappa shape index (κ2) is 6.05. The fourth-order valence-corrected chi connectivity index (χ4v) is 2.43. The molecular weight excluding hydrogens is 256 g/mol. The van der Waals surface area contributed by atoms with Crippen molar-refractivity contribution in [3.05, 3.63) is 29.8 Å². The maximum Gasteiger partial charge on any atom is 0.254 e. The lowest BCUT2D eigenvalue weighted by Gasteiger charge is -2.35.